The van der Waals surface area contributed by atoms with Gasteiger partial charge in [0, 0.05) is 12.6 Å². The normalized spacial score (nSPS) is 13.9. The lowest BCUT2D eigenvalue weighted by atomic mass is 10.1. The smallest absolute Gasteiger partial charge is 0.253 e. The number of nitrogens with zero attached hydrogens (tertiary/aromatic N) is 1. The van der Waals surface area contributed by atoms with E-state index in [4.69, 9.17) is 4.42 Å². The molecule has 3 heterocycles. The average Bonchev–Trinajstić information content (AvgIpc) is 2.89. The molecule has 0 spiro atoms. The minimum absolute atomic E-state index is 0.165. The lowest BCUT2D eigenvalue weighted by Gasteiger charge is -2.14. The molecule has 6 heteroatoms. The topological polar surface area (TPSA) is 72.2 Å². The van der Waals surface area contributed by atoms with Crippen LogP contribution in [0.25, 0.3) is 0 Å². The molecule has 1 N–H and O–H groups in total. The summed E-state index contributed by atoms with van der Waals surface area (Å²) in [5, 5.41) is 3.62. The molecule has 3 rings (SSSR count). The van der Waals surface area contributed by atoms with Gasteiger partial charge in [0.25, 0.3) is 5.91 Å². The van der Waals surface area contributed by atoms with Crippen LogP contribution in [0.2, 0.25) is 0 Å². The molecule has 108 valence electrons. The zero-order valence-electron chi connectivity index (χ0n) is 11.5. The molecule has 0 unspecified atom stereocenters. The van der Waals surface area contributed by atoms with E-state index in [2.05, 4.69) is 10.3 Å². The molecule has 2 aromatic heterocycles. The summed E-state index contributed by atoms with van der Waals surface area (Å²) < 4.78 is 5.40. The molecule has 1 aliphatic rings. The number of hydrogen-bond acceptors (Lipinski definition) is 5. The molecule has 0 atom stereocenters. The van der Waals surface area contributed by atoms with Gasteiger partial charge in [0.15, 0.2) is 0 Å². The van der Waals surface area contributed by atoms with Crippen LogP contribution >= 0.6 is 11.8 Å². The lowest BCUT2D eigenvalue weighted by molar-refractivity contribution is -0.116. The van der Waals surface area contributed by atoms with Gasteiger partial charge in [-0.2, -0.15) is 0 Å². The van der Waals surface area contributed by atoms with Crippen LogP contribution in [-0.2, 0) is 17.8 Å². The molecular weight excluding hydrogens is 288 g/mol. The number of nitrogens with one attached hydrogen (secondary N) is 1. The maximum absolute atomic E-state index is 12.1. The van der Waals surface area contributed by atoms with E-state index >= 15 is 0 Å². The minimum Gasteiger partial charge on any atom is -0.465 e. The van der Waals surface area contributed by atoms with E-state index in [9.17, 15) is 9.59 Å². The van der Waals surface area contributed by atoms with Crippen LogP contribution in [0.3, 0.4) is 0 Å². The van der Waals surface area contributed by atoms with Crippen molar-refractivity contribution in [1.82, 2.24) is 10.3 Å². The number of fused-ring (bicyclic) bond motifs is 1. The summed E-state index contributed by atoms with van der Waals surface area (Å²) in [4.78, 5) is 27.8. The van der Waals surface area contributed by atoms with Gasteiger partial charge in [0.2, 0.25) is 0 Å². The van der Waals surface area contributed by atoms with E-state index in [-0.39, 0.29) is 11.7 Å². The molecule has 0 aliphatic carbocycles. The molecule has 1 aliphatic heterocycles. The number of aromatic nitrogens is 1. The van der Waals surface area contributed by atoms with Crippen LogP contribution in [0.4, 0.5) is 0 Å². The van der Waals surface area contributed by atoms with Crippen molar-refractivity contribution in [1.29, 1.82) is 0 Å². The van der Waals surface area contributed by atoms with Gasteiger partial charge in [-0.25, -0.2) is 4.98 Å². The Kier molecular flexibility index (Phi) is 3.79. The Hall–Kier alpha value is -2.08. The Bertz CT molecular complexity index is 709. The molecule has 0 saturated heterocycles. The highest BCUT2D eigenvalue weighted by Gasteiger charge is 2.19. The Morgan fingerprint density at radius 3 is 3.10 bits per heavy atom. The zero-order chi connectivity index (χ0) is 14.8. The highest BCUT2D eigenvalue weighted by Crippen LogP contribution is 2.26. The summed E-state index contributed by atoms with van der Waals surface area (Å²) in [5.74, 6) is 1.92. The highest BCUT2D eigenvalue weighted by molar-refractivity contribution is 8.00. The van der Waals surface area contributed by atoms with Gasteiger partial charge >= 0.3 is 0 Å². The van der Waals surface area contributed by atoms with Crippen molar-refractivity contribution in [3.8, 4) is 0 Å². The molecule has 0 radical (unpaired) electrons. The maximum Gasteiger partial charge on any atom is 0.253 e. The number of thioether (sulfide) groups is 1. The number of aryl methyl sites for hydroxylation is 1. The van der Waals surface area contributed by atoms with Crippen molar-refractivity contribution < 1.29 is 14.0 Å². The van der Waals surface area contributed by atoms with Crippen LogP contribution in [0.1, 0.15) is 27.4 Å². The Morgan fingerprint density at radius 2 is 2.33 bits per heavy atom. The second-order valence-electron chi connectivity index (χ2n) is 4.89. The molecule has 1 amide bonds. The summed E-state index contributed by atoms with van der Waals surface area (Å²) in [6.07, 6.45) is 1.90. The van der Waals surface area contributed by atoms with Crippen LogP contribution in [0, 0.1) is 6.92 Å². The van der Waals surface area contributed by atoms with Gasteiger partial charge in [-0.1, -0.05) is 11.8 Å². The minimum atomic E-state index is -0.220. The monoisotopic (exact) mass is 302 g/mol. The van der Waals surface area contributed by atoms with E-state index in [0.29, 0.717) is 30.0 Å². The van der Waals surface area contributed by atoms with Crippen LogP contribution in [0.15, 0.2) is 33.8 Å². The predicted molar refractivity (Wildman–Crippen MR) is 78.3 cm³/mol. The van der Waals surface area contributed by atoms with E-state index in [0.717, 1.165) is 16.3 Å². The zero-order valence-corrected chi connectivity index (χ0v) is 12.3. The first kappa shape index (κ1) is 13.9. The van der Waals surface area contributed by atoms with Crippen LogP contribution < -0.4 is 5.32 Å². The predicted octanol–water partition coefficient (Wildman–Crippen LogP) is 2.13. The number of amides is 1. The molecule has 0 fully saturated rings. The number of carbonyl (C=O) groups is 2. The number of rotatable bonds is 3. The van der Waals surface area contributed by atoms with Gasteiger partial charge in [0.05, 0.1) is 17.9 Å². The van der Waals surface area contributed by atoms with Crippen LogP contribution in [0.5, 0.6) is 0 Å². The van der Waals surface area contributed by atoms with Gasteiger partial charge in [-0.05, 0) is 30.7 Å². The third-order valence-electron chi connectivity index (χ3n) is 3.16. The van der Waals surface area contributed by atoms with Crippen molar-refractivity contribution in [2.75, 3.05) is 5.75 Å². The Balaban J connectivity index is 1.70. The molecule has 2 aromatic rings. The number of furan rings is 1. The Morgan fingerprint density at radius 1 is 1.48 bits per heavy atom. The summed E-state index contributed by atoms with van der Waals surface area (Å²) >= 11 is 1.42. The first-order valence-electron chi connectivity index (χ1n) is 6.59. The largest absolute Gasteiger partial charge is 0.465 e. The van der Waals surface area contributed by atoms with Crippen LogP contribution in [-0.4, -0.2) is 22.4 Å². The van der Waals surface area contributed by atoms with Gasteiger partial charge < -0.3 is 9.73 Å². The maximum atomic E-state index is 12.1. The highest BCUT2D eigenvalue weighted by atomic mass is 32.2. The van der Waals surface area contributed by atoms with Gasteiger partial charge in [-0.3, -0.25) is 9.59 Å². The summed E-state index contributed by atoms with van der Waals surface area (Å²) in [6, 6.07) is 5.43. The number of Topliss-reactive ketones (excluding diaryl/α,β-unsaturated/α-hetero) is 1. The fourth-order valence-electron chi connectivity index (χ4n) is 2.14. The molecule has 0 saturated carbocycles. The average molecular weight is 302 g/mol. The second-order valence-corrected chi connectivity index (χ2v) is 5.85. The summed E-state index contributed by atoms with van der Waals surface area (Å²) in [7, 11) is 0. The standard InChI is InChI=1S/C15H14N2O3S/c1-9-2-3-13(20-9)7-16-14(19)11-4-10-5-12(18)8-21-15(10)17-6-11/h2-4,6H,5,7-8H2,1H3,(H,16,19). The lowest BCUT2D eigenvalue weighted by Crippen LogP contribution is -2.23. The molecular formula is C15H14N2O3S. The first-order chi connectivity index (χ1) is 10.1. The van der Waals surface area contributed by atoms with Crippen molar-refractivity contribution in [2.24, 2.45) is 0 Å². The molecule has 0 bridgehead atoms. The van der Waals surface area contributed by atoms with Crippen molar-refractivity contribution in [3.63, 3.8) is 0 Å². The molecule has 0 aromatic carbocycles. The number of hydrogen-bond donors (Lipinski definition) is 1. The van der Waals surface area contributed by atoms with E-state index in [1.165, 1.54) is 11.8 Å². The van der Waals surface area contributed by atoms with Crippen molar-refractivity contribution >= 4 is 23.5 Å². The SMILES string of the molecule is Cc1ccc(CNC(=O)c2cnc3c(c2)CC(=O)CS3)o1. The Labute approximate surface area is 126 Å². The fraction of sp³-hybridized carbons (Fsp3) is 0.267. The number of ketones is 1. The van der Waals surface area contributed by atoms with E-state index in [1.807, 2.05) is 19.1 Å². The third-order valence-corrected chi connectivity index (χ3v) is 4.27. The van der Waals surface area contributed by atoms with E-state index in [1.54, 1.807) is 12.3 Å². The number of pyridine rings is 1. The first-order valence-corrected chi connectivity index (χ1v) is 7.57. The van der Waals surface area contributed by atoms with Crippen molar-refractivity contribution in [2.45, 2.75) is 24.9 Å². The van der Waals surface area contributed by atoms with E-state index < -0.39 is 0 Å². The summed E-state index contributed by atoms with van der Waals surface area (Å²) in [5.41, 5.74) is 1.30. The second kappa shape index (κ2) is 5.73. The summed E-state index contributed by atoms with van der Waals surface area (Å²) in [6.45, 7) is 2.19. The molecule has 21 heavy (non-hydrogen) atoms. The van der Waals surface area contributed by atoms with Gasteiger partial charge in [-0.15, -0.1) is 0 Å². The molecule has 5 nitrogen and oxygen atoms in total. The van der Waals surface area contributed by atoms with Crippen molar-refractivity contribution in [3.05, 3.63) is 47.0 Å². The quantitative estimate of drug-likeness (QED) is 0.940. The number of carbonyl (C=O) groups excluding carboxylic acids is 2. The third kappa shape index (κ3) is 3.16. The fourth-order valence-corrected chi connectivity index (χ4v) is 2.98. The van der Waals surface area contributed by atoms with Gasteiger partial charge in [0.1, 0.15) is 22.3 Å².